The molecular weight excluding hydrogens is 347 g/mol. The fourth-order valence-electron chi connectivity index (χ4n) is 1.14. The monoisotopic (exact) mass is 351 g/mol. The van der Waals surface area contributed by atoms with Crippen LogP contribution in [0.4, 0.5) is 8.78 Å². The summed E-state index contributed by atoms with van der Waals surface area (Å²) < 4.78 is 46.3. The maximum Gasteiger partial charge on any atom is 0.262 e. The Morgan fingerprint density at radius 3 is 2.37 bits per heavy atom. The molecule has 19 heavy (non-hydrogen) atoms. The van der Waals surface area contributed by atoms with Crippen LogP contribution in [0.3, 0.4) is 0 Å². The first kappa shape index (κ1) is 16.4. The van der Waals surface area contributed by atoms with Crippen LogP contribution in [0.1, 0.15) is 10.4 Å². The van der Waals surface area contributed by atoms with Crippen LogP contribution >= 0.6 is 33.9 Å². The van der Waals surface area contributed by atoms with Crippen LogP contribution in [0.15, 0.2) is 17.0 Å². The molecule has 0 aliphatic rings. The lowest BCUT2D eigenvalue weighted by atomic mass is 10.2. The second-order valence-corrected chi connectivity index (χ2v) is 6.63. The maximum atomic E-state index is 11.9. The summed E-state index contributed by atoms with van der Waals surface area (Å²) in [5.41, 5.74) is -0.241. The number of hydrogen-bond acceptors (Lipinski definition) is 3. The molecule has 0 bridgehead atoms. The highest BCUT2D eigenvalue weighted by Gasteiger charge is 2.21. The molecule has 0 fully saturated rings. The van der Waals surface area contributed by atoms with Crippen molar-refractivity contribution < 1.29 is 22.0 Å². The summed E-state index contributed by atoms with van der Waals surface area (Å²) in [4.78, 5) is 10.9. The molecule has 1 rings (SSSR count). The molecule has 0 radical (unpaired) electrons. The minimum atomic E-state index is -4.22. The van der Waals surface area contributed by atoms with Crippen molar-refractivity contribution in [1.29, 1.82) is 0 Å². The highest BCUT2D eigenvalue weighted by atomic mass is 35.7. The Kier molecular flexibility index (Phi) is 5.37. The Hall–Kier alpha value is -0.630. The summed E-state index contributed by atoms with van der Waals surface area (Å²) in [5, 5.41) is 1.32. The molecule has 0 spiro atoms. The Morgan fingerprint density at radius 1 is 1.32 bits per heavy atom. The second-order valence-electron chi connectivity index (χ2n) is 3.31. The lowest BCUT2D eigenvalue weighted by Gasteiger charge is -2.08. The van der Waals surface area contributed by atoms with E-state index in [1.807, 2.05) is 5.32 Å². The summed E-state index contributed by atoms with van der Waals surface area (Å²) in [6.07, 6.45) is -2.73. The smallest absolute Gasteiger partial charge is 0.262 e. The van der Waals surface area contributed by atoms with Crippen molar-refractivity contribution in [3.8, 4) is 0 Å². The quantitative estimate of drug-likeness (QED) is 0.848. The van der Waals surface area contributed by atoms with E-state index in [2.05, 4.69) is 0 Å². The predicted molar refractivity (Wildman–Crippen MR) is 67.8 cm³/mol. The van der Waals surface area contributed by atoms with Gasteiger partial charge in [0.2, 0.25) is 0 Å². The molecule has 0 saturated carbocycles. The van der Waals surface area contributed by atoms with E-state index in [-0.39, 0.29) is 15.6 Å². The molecule has 10 heteroatoms. The molecule has 0 aromatic heterocycles. The normalized spacial score (nSPS) is 11.7. The largest absolute Gasteiger partial charge is 0.346 e. The summed E-state index contributed by atoms with van der Waals surface area (Å²) in [7, 11) is 0.902. The van der Waals surface area contributed by atoms with Crippen LogP contribution in [0.5, 0.6) is 0 Å². The predicted octanol–water partition coefficient (Wildman–Crippen LogP) is 2.92. The fraction of sp³-hybridized carbons (Fsp3) is 0.222. The SMILES string of the molecule is O=C(NCC(F)F)c1cc(Cl)c(Cl)c(S(=O)(=O)Cl)c1. The van der Waals surface area contributed by atoms with Gasteiger partial charge in [0.05, 0.1) is 16.6 Å². The average Bonchev–Trinajstić information content (AvgIpc) is 2.27. The number of hydrogen-bond donors (Lipinski definition) is 1. The molecule has 0 saturated heterocycles. The van der Waals surface area contributed by atoms with E-state index in [4.69, 9.17) is 33.9 Å². The van der Waals surface area contributed by atoms with Gasteiger partial charge >= 0.3 is 0 Å². The van der Waals surface area contributed by atoms with Gasteiger partial charge in [0.25, 0.3) is 21.4 Å². The number of benzene rings is 1. The number of halogens is 5. The zero-order valence-corrected chi connectivity index (χ0v) is 12.0. The Bertz CT molecular complexity index is 607. The molecule has 0 aliphatic heterocycles. The maximum absolute atomic E-state index is 11.9. The van der Waals surface area contributed by atoms with E-state index in [1.54, 1.807) is 0 Å². The van der Waals surface area contributed by atoms with Gasteiger partial charge in [0.15, 0.2) is 0 Å². The Labute approximate surface area is 122 Å². The van der Waals surface area contributed by atoms with E-state index in [9.17, 15) is 22.0 Å². The molecule has 1 aromatic carbocycles. The molecule has 106 valence electrons. The van der Waals surface area contributed by atoms with Gasteiger partial charge < -0.3 is 5.32 Å². The lowest BCUT2D eigenvalue weighted by molar-refractivity contribution is 0.0891. The molecule has 0 unspecified atom stereocenters. The van der Waals surface area contributed by atoms with Gasteiger partial charge in [-0.3, -0.25) is 4.79 Å². The van der Waals surface area contributed by atoms with Crippen molar-refractivity contribution in [2.45, 2.75) is 11.3 Å². The number of amides is 1. The first-order chi connectivity index (χ1) is 8.62. The van der Waals surface area contributed by atoms with E-state index in [0.717, 1.165) is 12.1 Å². The van der Waals surface area contributed by atoms with E-state index in [0.29, 0.717) is 0 Å². The van der Waals surface area contributed by atoms with Crippen molar-refractivity contribution in [3.63, 3.8) is 0 Å². The van der Waals surface area contributed by atoms with Crippen molar-refractivity contribution in [1.82, 2.24) is 5.32 Å². The fourth-order valence-corrected chi connectivity index (χ4v) is 2.91. The molecule has 1 N–H and O–H groups in total. The van der Waals surface area contributed by atoms with Crippen LogP contribution in [0.2, 0.25) is 10.0 Å². The zero-order chi connectivity index (χ0) is 14.8. The minimum Gasteiger partial charge on any atom is -0.346 e. The molecule has 1 amide bonds. The van der Waals surface area contributed by atoms with Crippen molar-refractivity contribution in [2.24, 2.45) is 0 Å². The summed E-state index contributed by atoms with van der Waals surface area (Å²) in [6, 6.07) is 1.91. The third-order valence-electron chi connectivity index (χ3n) is 1.94. The summed E-state index contributed by atoms with van der Waals surface area (Å²) in [6.45, 7) is -0.873. The molecule has 0 aliphatic carbocycles. The molecule has 1 aromatic rings. The van der Waals surface area contributed by atoms with Crippen LogP contribution in [-0.4, -0.2) is 27.3 Å². The van der Waals surface area contributed by atoms with Gasteiger partial charge in [-0.15, -0.1) is 0 Å². The molecular formula is C9H6Cl3F2NO3S. The first-order valence-electron chi connectivity index (χ1n) is 4.63. The number of nitrogens with one attached hydrogen (secondary N) is 1. The van der Waals surface area contributed by atoms with Crippen LogP contribution in [0.25, 0.3) is 0 Å². The Morgan fingerprint density at radius 2 is 1.89 bits per heavy atom. The van der Waals surface area contributed by atoms with Gasteiger partial charge in [0.1, 0.15) is 4.90 Å². The summed E-state index contributed by atoms with van der Waals surface area (Å²) in [5.74, 6) is -0.916. The Balaban J connectivity index is 3.18. The highest BCUT2D eigenvalue weighted by molar-refractivity contribution is 8.13. The van der Waals surface area contributed by atoms with Gasteiger partial charge in [-0.1, -0.05) is 23.2 Å². The van der Waals surface area contributed by atoms with Gasteiger partial charge in [-0.25, -0.2) is 17.2 Å². The standard InChI is InChI=1S/C9H6Cl3F2NO3S/c10-5-1-4(9(16)15-3-7(13)14)2-6(8(5)11)19(12,17)18/h1-2,7H,3H2,(H,15,16). The average molecular weight is 353 g/mol. The van der Waals surface area contributed by atoms with Crippen molar-refractivity contribution in [3.05, 3.63) is 27.7 Å². The third kappa shape index (κ3) is 4.45. The van der Waals surface area contributed by atoms with E-state index < -0.39 is 32.8 Å². The van der Waals surface area contributed by atoms with Gasteiger partial charge in [-0.05, 0) is 12.1 Å². The molecule has 4 nitrogen and oxygen atoms in total. The van der Waals surface area contributed by atoms with Crippen LogP contribution < -0.4 is 5.32 Å². The second kappa shape index (κ2) is 6.21. The number of alkyl halides is 2. The zero-order valence-electron chi connectivity index (χ0n) is 8.96. The van der Waals surface area contributed by atoms with E-state index in [1.165, 1.54) is 0 Å². The van der Waals surface area contributed by atoms with Crippen LogP contribution in [-0.2, 0) is 9.05 Å². The van der Waals surface area contributed by atoms with E-state index >= 15 is 0 Å². The number of carbonyl (C=O) groups is 1. The summed E-state index contributed by atoms with van der Waals surface area (Å²) >= 11 is 11.3. The van der Waals surface area contributed by atoms with Crippen LogP contribution in [0, 0.1) is 0 Å². The van der Waals surface area contributed by atoms with Crippen molar-refractivity contribution >= 4 is 48.8 Å². The number of rotatable bonds is 4. The van der Waals surface area contributed by atoms with Gasteiger partial charge in [-0.2, -0.15) is 0 Å². The lowest BCUT2D eigenvalue weighted by Crippen LogP contribution is -2.28. The minimum absolute atomic E-state index is 0.231. The third-order valence-corrected chi connectivity index (χ3v) is 4.20. The number of carbonyl (C=O) groups excluding carboxylic acids is 1. The van der Waals surface area contributed by atoms with Gasteiger partial charge in [0, 0.05) is 16.2 Å². The highest BCUT2D eigenvalue weighted by Crippen LogP contribution is 2.32. The topological polar surface area (TPSA) is 63.2 Å². The molecule has 0 atom stereocenters. The molecule has 0 heterocycles. The van der Waals surface area contributed by atoms with Crippen molar-refractivity contribution in [2.75, 3.05) is 6.54 Å². The first-order valence-corrected chi connectivity index (χ1v) is 7.69.